The average Bonchev–Trinajstić information content (AvgIpc) is 2.78. The number of anilines is 1. The van der Waals surface area contributed by atoms with Crippen molar-refractivity contribution in [2.75, 3.05) is 5.01 Å². The van der Waals surface area contributed by atoms with E-state index in [9.17, 15) is 4.39 Å². The molecule has 1 atom stereocenters. The van der Waals surface area contributed by atoms with Crippen LogP contribution in [0.1, 0.15) is 0 Å². The summed E-state index contributed by atoms with van der Waals surface area (Å²) >= 11 is 11.7. The molecule has 0 saturated carbocycles. The molecule has 92 valence electrons. The summed E-state index contributed by atoms with van der Waals surface area (Å²) < 4.78 is 14.0. The molecule has 0 amide bonds. The molecule has 2 aliphatic heterocycles. The number of rotatable bonds is 1. The van der Waals surface area contributed by atoms with Crippen molar-refractivity contribution in [3.63, 3.8) is 0 Å². The molecule has 1 aromatic carbocycles. The number of nitrogens with one attached hydrogen (secondary N) is 1. The van der Waals surface area contributed by atoms with Gasteiger partial charge < -0.3 is 5.43 Å². The molecular formula is C11H7Cl2FN4. The smallest absolute Gasteiger partial charge is 0.171 e. The number of benzene rings is 1. The number of hydrazine groups is 1. The van der Waals surface area contributed by atoms with Crippen molar-refractivity contribution in [3.8, 4) is 0 Å². The summed E-state index contributed by atoms with van der Waals surface area (Å²) in [6, 6.07) is 4.77. The highest BCUT2D eigenvalue weighted by molar-refractivity contribution is 6.70. The molecule has 1 aromatic rings. The summed E-state index contributed by atoms with van der Waals surface area (Å²) in [5.41, 5.74) is 3.91. The minimum Gasteiger partial charge on any atom is -0.303 e. The molecule has 3 rings (SSSR count). The first-order chi connectivity index (χ1) is 8.68. The van der Waals surface area contributed by atoms with E-state index in [4.69, 9.17) is 23.2 Å². The van der Waals surface area contributed by atoms with Gasteiger partial charge in [-0.15, -0.1) is 0 Å². The maximum Gasteiger partial charge on any atom is 0.171 e. The van der Waals surface area contributed by atoms with Crippen LogP contribution in [0.15, 0.2) is 40.0 Å². The second-order valence-electron chi connectivity index (χ2n) is 3.73. The lowest BCUT2D eigenvalue weighted by molar-refractivity contribution is 0.601. The van der Waals surface area contributed by atoms with Crippen LogP contribution in [0.25, 0.3) is 0 Å². The third-order valence-electron chi connectivity index (χ3n) is 2.69. The predicted molar refractivity (Wildman–Crippen MR) is 70.7 cm³/mol. The van der Waals surface area contributed by atoms with Gasteiger partial charge in [-0.25, -0.2) is 14.4 Å². The number of aliphatic imine (C=N–C) groups is 2. The summed E-state index contributed by atoms with van der Waals surface area (Å²) in [6.07, 6.45) is 2.57. The van der Waals surface area contributed by atoms with Crippen LogP contribution in [0.5, 0.6) is 0 Å². The highest BCUT2D eigenvalue weighted by Crippen LogP contribution is 2.31. The lowest BCUT2D eigenvalue weighted by atomic mass is 10.2. The highest BCUT2D eigenvalue weighted by Gasteiger charge is 2.32. The molecule has 0 fully saturated rings. The second kappa shape index (κ2) is 4.26. The van der Waals surface area contributed by atoms with Crippen LogP contribution in [0, 0.1) is 5.82 Å². The maximum absolute atomic E-state index is 14.0. The van der Waals surface area contributed by atoms with Gasteiger partial charge in [0, 0.05) is 6.20 Å². The Morgan fingerprint density at radius 2 is 2.17 bits per heavy atom. The van der Waals surface area contributed by atoms with Gasteiger partial charge in [-0.3, -0.25) is 5.01 Å². The molecule has 2 heterocycles. The van der Waals surface area contributed by atoms with Gasteiger partial charge in [-0.05, 0) is 12.1 Å². The highest BCUT2D eigenvalue weighted by atomic mass is 35.5. The minimum absolute atomic E-state index is 0.0577. The van der Waals surface area contributed by atoms with Crippen LogP contribution >= 0.6 is 23.2 Å². The largest absolute Gasteiger partial charge is 0.303 e. The standard InChI is InChI=1S/C11H7Cl2FN4/c12-7-2-1-3-8(9(7)14)18-11-6(4-17-18)10(13)15-5-16-11/h1-5,11,17H. The number of fused-ring (bicyclic) bond motifs is 1. The summed E-state index contributed by atoms with van der Waals surface area (Å²) in [5, 5.41) is 1.94. The van der Waals surface area contributed by atoms with Gasteiger partial charge in [0.05, 0.1) is 16.3 Å². The van der Waals surface area contributed by atoms with E-state index in [1.165, 1.54) is 12.4 Å². The monoisotopic (exact) mass is 284 g/mol. The molecule has 0 aromatic heterocycles. The van der Waals surface area contributed by atoms with E-state index < -0.39 is 12.0 Å². The zero-order valence-corrected chi connectivity index (χ0v) is 10.5. The van der Waals surface area contributed by atoms with E-state index in [-0.39, 0.29) is 5.02 Å². The number of hydrogen-bond donors (Lipinski definition) is 1. The second-order valence-corrected chi connectivity index (χ2v) is 4.50. The molecule has 0 spiro atoms. The predicted octanol–water partition coefficient (Wildman–Crippen LogP) is 2.69. The Morgan fingerprint density at radius 3 is 3.00 bits per heavy atom. The zero-order valence-electron chi connectivity index (χ0n) is 8.94. The molecule has 4 nitrogen and oxygen atoms in total. The minimum atomic E-state index is -0.504. The van der Waals surface area contributed by atoms with Crippen molar-refractivity contribution in [1.82, 2.24) is 5.43 Å². The van der Waals surface area contributed by atoms with E-state index in [0.29, 0.717) is 16.4 Å². The van der Waals surface area contributed by atoms with Crippen LogP contribution in [-0.2, 0) is 0 Å². The van der Waals surface area contributed by atoms with Gasteiger partial charge >= 0.3 is 0 Å². The summed E-state index contributed by atoms with van der Waals surface area (Å²) in [7, 11) is 0. The Morgan fingerprint density at radius 1 is 1.33 bits per heavy atom. The molecule has 2 aliphatic rings. The van der Waals surface area contributed by atoms with Crippen molar-refractivity contribution >= 4 is 40.4 Å². The fourth-order valence-corrected chi connectivity index (χ4v) is 2.20. The van der Waals surface area contributed by atoms with Crippen LogP contribution in [0.2, 0.25) is 5.02 Å². The van der Waals surface area contributed by atoms with Crippen LogP contribution in [0.4, 0.5) is 10.1 Å². The quantitative estimate of drug-likeness (QED) is 0.861. The average molecular weight is 285 g/mol. The van der Waals surface area contributed by atoms with Crippen molar-refractivity contribution in [2.24, 2.45) is 9.98 Å². The number of hydrogen-bond acceptors (Lipinski definition) is 4. The third-order valence-corrected chi connectivity index (χ3v) is 3.30. The lowest BCUT2D eigenvalue weighted by Crippen LogP contribution is -2.39. The van der Waals surface area contributed by atoms with Crippen LogP contribution < -0.4 is 10.4 Å². The Kier molecular flexibility index (Phi) is 2.72. The maximum atomic E-state index is 14.0. The lowest BCUT2D eigenvalue weighted by Gasteiger charge is -2.26. The van der Waals surface area contributed by atoms with Gasteiger partial charge in [0.2, 0.25) is 0 Å². The van der Waals surface area contributed by atoms with Crippen LogP contribution in [-0.4, -0.2) is 17.7 Å². The molecule has 1 N–H and O–H groups in total. The first-order valence-electron chi connectivity index (χ1n) is 5.13. The Labute approximate surface area is 112 Å². The van der Waals surface area contributed by atoms with Crippen LogP contribution in [0.3, 0.4) is 0 Å². The number of halogens is 3. The van der Waals surface area contributed by atoms with Gasteiger partial charge in [0.25, 0.3) is 0 Å². The fraction of sp³-hybridized carbons (Fsp3) is 0.0909. The number of nitrogens with zero attached hydrogens (tertiary/aromatic N) is 3. The van der Waals surface area contributed by atoms with Gasteiger partial charge in [-0.1, -0.05) is 29.3 Å². The Hall–Kier alpha value is -1.59. The SMILES string of the molecule is Fc1c(Cl)cccc1N1NC=C2C(Cl)=NC=NC21. The summed E-state index contributed by atoms with van der Waals surface area (Å²) in [4.78, 5) is 8.04. The molecule has 18 heavy (non-hydrogen) atoms. The van der Waals surface area contributed by atoms with E-state index in [0.717, 1.165) is 0 Å². The van der Waals surface area contributed by atoms with Gasteiger partial charge in [-0.2, -0.15) is 0 Å². The van der Waals surface area contributed by atoms with E-state index in [1.54, 1.807) is 23.3 Å². The molecule has 1 unspecified atom stereocenters. The molecule has 0 saturated heterocycles. The van der Waals surface area contributed by atoms with Crippen molar-refractivity contribution in [3.05, 3.63) is 40.8 Å². The molecular weight excluding hydrogens is 278 g/mol. The van der Waals surface area contributed by atoms with Crippen molar-refractivity contribution in [2.45, 2.75) is 6.17 Å². The van der Waals surface area contributed by atoms with E-state index in [1.807, 2.05) is 0 Å². The molecule has 7 heteroatoms. The van der Waals surface area contributed by atoms with Gasteiger partial charge in [0.1, 0.15) is 11.5 Å². The molecule has 0 aliphatic carbocycles. The normalized spacial score (nSPS) is 21.3. The first kappa shape index (κ1) is 11.5. The first-order valence-corrected chi connectivity index (χ1v) is 5.89. The summed E-state index contributed by atoms with van der Waals surface area (Å²) in [5.74, 6) is -0.504. The Bertz CT molecular complexity index is 597. The molecule has 0 radical (unpaired) electrons. The van der Waals surface area contributed by atoms with E-state index in [2.05, 4.69) is 15.4 Å². The zero-order chi connectivity index (χ0) is 12.7. The topological polar surface area (TPSA) is 40.0 Å². The van der Waals surface area contributed by atoms with Crippen molar-refractivity contribution in [1.29, 1.82) is 0 Å². The third kappa shape index (κ3) is 1.67. The summed E-state index contributed by atoms with van der Waals surface area (Å²) in [6.45, 7) is 0. The Balaban J connectivity index is 2.00. The fourth-order valence-electron chi connectivity index (χ4n) is 1.84. The van der Waals surface area contributed by atoms with E-state index >= 15 is 0 Å². The van der Waals surface area contributed by atoms with Gasteiger partial charge in [0.15, 0.2) is 12.0 Å². The van der Waals surface area contributed by atoms with Crippen molar-refractivity contribution < 1.29 is 4.39 Å². The molecule has 0 bridgehead atoms.